The molecular formula is C30H52N2O3S. The van der Waals surface area contributed by atoms with E-state index in [1.165, 1.54) is 51.2 Å². The minimum atomic E-state index is -3.13. The fraction of sp³-hybridized carbons (Fsp3) is 0.933. The first-order valence-electron chi connectivity index (χ1n) is 15.0. The first kappa shape index (κ1) is 27.1. The highest BCUT2D eigenvalue weighted by Gasteiger charge is 2.58. The van der Waals surface area contributed by atoms with Gasteiger partial charge in [-0.25, -0.2) is 13.1 Å². The first-order chi connectivity index (χ1) is 17.0. The molecule has 1 aliphatic heterocycles. The minimum absolute atomic E-state index is 0.0144. The third-order valence-corrected chi connectivity index (χ3v) is 12.7. The number of sulfonamides is 1. The van der Waals surface area contributed by atoms with Gasteiger partial charge in [0.15, 0.2) is 0 Å². The number of rotatable bonds is 6. The predicted molar refractivity (Wildman–Crippen MR) is 147 cm³/mol. The van der Waals surface area contributed by atoms with Crippen molar-refractivity contribution in [2.24, 2.45) is 40.9 Å². The topological polar surface area (TPSA) is 67.4 Å². The van der Waals surface area contributed by atoms with Gasteiger partial charge < -0.3 is 10.1 Å². The molecule has 0 amide bonds. The third-order valence-electron chi connectivity index (χ3n) is 11.9. The van der Waals surface area contributed by atoms with E-state index in [0.29, 0.717) is 23.3 Å². The van der Waals surface area contributed by atoms with E-state index in [0.717, 1.165) is 56.1 Å². The molecule has 5 nitrogen and oxygen atoms in total. The molecule has 0 aromatic carbocycles. The maximum absolute atomic E-state index is 11.9. The van der Waals surface area contributed by atoms with E-state index in [4.69, 9.17) is 4.74 Å². The predicted octanol–water partition coefficient (Wildman–Crippen LogP) is 5.67. The third kappa shape index (κ3) is 4.86. The summed E-state index contributed by atoms with van der Waals surface area (Å²) >= 11 is 0. The SMILES string of the molecule is CC[C@H](C)CN[C@@H]1CO[C@]2(CC[C@@H]3C(=C(C)C2)C[C@H]2[C@H]3CC[C@@H]3C[C@H](NS(C)(=O)=O)CC[C@@]32C)[C@@H]1C. The number of hydrogen-bond acceptors (Lipinski definition) is 4. The summed E-state index contributed by atoms with van der Waals surface area (Å²) in [6.07, 6.45) is 13.2. The molecule has 0 aromatic heterocycles. The Balaban J connectivity index is 1.30. The molecule has 3 saturated carbocycles. The minimum Gasteiger partial charge on any atom is -0.373 e. The number of hydrogen-bond donors (Lipinski definition) is 2. The van der Waals surface area contributed by atoms with E-state index in [2.05, 4.69) is 44.7 Å². The van der Waals surface area contributed by atoms with Crippen LogP contribution >= 0.6 is 0 Å². The Morgan fingerprint density at radius 2 is 1.94 bits per heavy atom. The fourth-order valence-corrected chi connectivity index (χ4v) is 10.3. The zero-order valence-corrected chi connectivity index (χ0v) is 24.6. The van der Waals surface area contributed by atoms with Crippen LogP contribution in [0.1, 0.15) is 98.8 Å². The summed E-state index contributed by atoms with van der Waals surface area (Å²) in [5.41, 5.74) is 3.79. The highest BCUT2D eigenvalue weighted by molar-refractivity contribution is 7.88. The van der Waals surface area contributed by atoms with Crippen molar-refractivity contribution in [3.05, 3.63) is 11.1 Å². The van der Waals surface area contributed by atoms with Crippen molar-refractivity contribution in [2.45, 2.75) is 117 Å². The van der Waals surface area contributed by atoms with Crippen LogP contribution in [-0.4, -0.2) is 45.5 Å². The van der Waals surface area contributed by atoms with Gasteiger partial charge >= 0.3 is 0 Å². The number of fused-ring (bicyclic) bond motifs is 5. The van der Waals surface area contributed by atoms with Gasteiger partial charge in [-0.1, -0.05) is 45.3 Å². The summed E-state index contributed by atoms with van der Waals surface area (Å²) < 4.78 is 33.4. The molecule has 6 heteroatoms. The number of nitrogens with one attached hydrogen (secondary N) is 2. The van der Waals surface area contributed by atoms with Crippen LogP contribution in [0.25, 0.3) is 0 Å². The molecule has 4 fully saturated rings. The standard InChI is InChI=1S/C30H52N2O3S/c1-7-19(2)17-31-28-18-35-30(21(28)4)13-11-24-25-9-8-22-14-23(32-36(6,33)34)10-12-29(22,5)27(25)15-26(24)20(3)16-30/h19,21-25,27-28,31-32H,7-18H2,1-6H3/t19-,21+,22+,23+,24-,25-,27-,28+,29-,30-/m0/s1. The van der Waals surface area contributed by atoms with Crippen molar-refractivity contribution in [3.63, 3.8) is 0 Å². The van der Waals surface area contributed by atoms with E-state index in [1.54, 1.807) is 11.1 Å². The largest absolute Gasteiger partial charge is 0.373 e. The zero-order chi connectivity index (χ0) is 25.9. The van der Waals surface area contributed by atoms with Crippen LogP contribution in [-0.2, 0) is 14.8 Å². The Morgan fingerprint density at radius 3 is 2.67 bits per heavy atom. The molecule has 4 aliphatic carbocycles. The summed E-state index contributed by atoms with van der Waals surface area (Å²) in [6.45, 7) is 14.0. The Labute approximate surface area is 221 Å². The molecular weight excluding hydrogens is 468 g/mol. The van der Waals surface area contributed by atoms with E-state index in [9.17, 15) is 8.42 Å². The molecule has 0 radical (unpaired) electrons. The summed E-state index contributed by atoms with van der Waals surface area (Å²) in [7, 11) is -3.13. The molecule has 5 rings (SSSR count). The fourth-order valence-electron chi connectivity index (χ4n) is 9.43. The van der Waals surface area contributed by atoms with Crippen molar-refractivity contribution < 1.29 is 13.2 Å². The van der Waals surface area contributed by atoms with Gasteiger partial charge in [0.05, 0.1) is 18.5 Å². The van der Waals surface area contributed by atoms with Crippen LogP contribution in [0.2, 0.25) is 0 Å². The average molecular weight is 521 g/mol. The van der Waals surface area contributed by atoms with E-state index < -0.39 is 10.0 Å². The second kappa shape index (κ2) is 9.95. The summed E-state index contributed by atoms with van der Waals surface area (Å²) in [5.74, 6) is 4.24. The Morgan fingerprint density at radius 1 is 1.17 bits per heavy atom. The van der Waals surface area contributed by atoms with Crippen LogP contribution < -0.4 is 10.0 Å². The lowest BCUT2D eigenvalue weighted by Gasteiger charge is -2.54. The zero-order valence-electron chi connectivity index (χ0n) is 23.7. The maximum atomic E-state index is 11.9. The number of allylic oxidation sites excluding steroid dienone is 1. The van der Waals surface area contributed by atoms with E-state index >= 15 is 0 Å². The highest BCUT2D eigenvalue weighted by atomic mass is 32.2. The van der Waals surface area contributed by atoms with Gasteiger partial charge in [0.2, 0.25) is 10.0 Å². The van der Waals surface area contributed by atoms with Gasteiger partial charge in [-0.2, -0.15) is 0 Å². The van der Waals surface area contributed by atoms with Crippen molar-refractivity contribution in [1.29, 1.82) is 0 Å². The quantitative estimate of drug-likeness (QED) is 0.443. The molecule has 206 valence electrons. The van der Waals surface area contributed by atoms with Crippen molar-refractivity contribution in [1.82, 2.24) is 10.0 Å². The van der Waals surface area contributed by atoms with Crippen LogP contribution in [0.15, 0.2) is 11.1 Å². The molecule has 36 heavy (non-hydrogen) atoms. The Kier molecular flexibility index (Phi) is 7.50. The molecule has 1 saturated heterocycles. The van der Waals surface area contributed by atoms with Gasteiger partial charge in [0.25, 0.3) is 0 Å². The van der Waals surface area contributed by atoms with Crippen LogP contribution in [0.4, 0.5) is 0 Å². The summed E-state index contributed by atoms with van der Waals surface area (Å²) in [4.78, 5) is 0. The van der Waals surface area contributed by atoms with Crippen molar-refractivity contribution in [3.8, 4) is 0 Å². The van der Waals surface area contributed by atoms with Crippen LogP contribution in [0.3, 0.4) is 0 Å². The van der Waals surface area contributed by atoms with Gasteiger partial charge in [-0.3, -0.25) is 0 Å². The number of ether oxygens (including phenoxy) is 1. The lowest BCUT2D eigenvalue weighted by molar-refractivity contribution is -0.0458. The van der Waals surface area contributed by atoms with Crippen molar-refractivity contribution in [2.75, 3.05) is 19.4 Å². The summed E-state index contributed by atoms with van der Waals surface area (Å²) in [6, 6.07) is 0.609. The molecule has 0 unspecified atom stereocenters. The molecule has 1 heterocycles. The van der Waals surface area contributed by atoms with Crippen LogP contribution in [0.5, 0.6) is 0 Å². The van der Waals surface area contributed by atoms with Gasteiger partial charge in [-0.05, 0) is 106 Å². The second-order valence-corrected chi connectivity index (χ2v) is 15.7. The maximum Gasteiger partial charge on any atom is 0.208 e. The molecule has 5 aliphatic rings. The first-order valence-corrected chi connectivity index (χ1v) is 16.9. The molecule has 10 atom stereocenters. The highest BCUT2D eigenvalue weighted by Crippen LogP contribution is 2.65. The average Bonchev–Trinajstić information content (AvgIpc) is 3.30. The van der Waals surface area contributed by atoms with Gasteiger partial charge in [0, 0.05) is 18.0 Å². The normalized spacial score (nSPS) is 45.8. The van der Waals surface area contributed by atoms with Crippen molar-refractivity contribution >= 4 is 10.0 Å². The van der Waals surface area contributed by atoms with Gasteiger partial charge in [0.1, 0.15) is 0 Å². The lowest BCUT2D eigenvalue weighted by Crippen LogP contribution is -2.50. The monoisotopic (exact) mass is 520 g/mol. The molecule has 2 N–H and O–H groups in total. The van der Waals surface area contributed by atoms with E-state index in [-0.39, 0.29) is 11.6 Å². The second-order valence-electron chi connectivity index (χ2n) is 13.9. The molecule has 0 bridgehead atoms. The Bertz CT molecular complexity index is 963. The molecule has 0 aromatic rings. The smallest absolute Gasteiger partial charge is 0.208 e. The lowest BCUT2D eigenvalue weighted by atomic mass is 9.52. The Hall–Kier alpha value is -0.430. The van der Waals surface area contributed by atoms with Gasteiger partial charge in [-0.15, -0.1) is 0 Å². The summed E-state index contributed by atoms with van der Waals surface area (Å²) in [5, 5.41) is 3.85. The van der Waals surface area contributed by atoms with E-state index in [1.807, 2.05) is 0 Å². The molecule has 1 spiro atoms. The van der Waals surface area contributed by atoms with Crippen LogP contribution in [0, 0.1) is 40.9 Å².